The fraction of sp³-hybridized carbons (Fsp3) is 0.0588. The molecule has 0 spiro atoms. The van der Waals surface area contributed by atoms with Gasteiger partial charge in [0.05, 0.1) is 16.3 Å². The zero-order valence-electron chi connectivity index (χ0n) is 12.9. The van der Waals surface area contributed by atoms with Crippen LogP contribution in [0.4, 0.5) is 24.5 Å². The number of nitriles is 1. The maximum atomic E-state index is 12.5. The number of nitrogens with one attached hydrogen (secondary N) is 2. The van der Waals surface area contributed by atoms with E-state index in [0.717, 1.165) is 18.3 Å². The van der Waals surface area contributed by atoms with Crippen LogP contribution in [0.5, 0.6) is 0 Å². The molecule has 0 bridgehead atoms. The lowest BCUT2D eigenvalue weighted by molar-refractivity contribution is -0.137. The van der Waals surface area contributed by atoms with Crippen LogP contribution in [-0.4, -0.2) is 5.91 Å². The van der Waals surface area contributed by atoms with Gasteiger partial charge in [0.2, 0.25) is 0 Å². The number of halogens is 5. The van der Waals surface area contributed by atoms with Crippen molar-refractivity contribution in [1.29, 1.82) is 5.26 Å². The van der Waals surface area contributed by atoms with E-state index in [1.54, 1.807) is 6.07 Å². The standard InChI is InChI=1S/C17H10Cl2F3N3O/c18-12-3-6-14(19)15(7-12)25-16(26)10(8-23)9-24-13-4-1-11(2-5-13)17(20,21)22/h1-7,9,24H,(H,25,26)/b10-9-. The van der Waals surface area contributed by atoms with E-state index >= 15 is 0 Å². The number of nitrogens with zero attached hydrogens (tertiary/aromatic N) is 1. The first-order valence-corrected chi connectivity index (χ1v) is 7.77. The third kappa shape index (κ3) is 5.15. The Kier molecular flexibility index (Phi) is 6.14. The largest absolute Gasteiger partial charge is 0.416 e. The lowest BCUT2D eigenvalue weighted by Crippen LogP contribution is -2.15. The third-order valence-corrected chi connectivity index (χ3v) is 3.70. The van der Waals surface area contributed by atoms with Crippen LogP contribution in [0.1, 0.15) is 5.56 Å². The number of carbonyl (C=O) groups is 1. The van der Waals surface area contributed by atoms with Crippen molar-refractivity contribution in [3.05, 3.63) is 69.8 Å². The summed E-state index contributed by atoms with van der Waals surface area (Å²) in [5, 5.41) is 14.7. The van der Waals surface area contributed by atoms with Crippen molar-refractivity contribution in [2.45, 2.75) is 6.18 Å². The van der Waals surface area contributed by atoms with Gasteiger partial charge in [-0.05, 0) is 42.5 Å². The van der Waals surface area contributed by atoms with Gasteiger partial charge in [-0.1, -0.05) is 23.2 Å². The number of carbonyl (C=O) groups excluding carboxylic acids is 1. The van der Waals surface area contributed by atoms with Crippen LogP contribution in [0.25, 0.3) is 0 Å². The first kappa shape index (κ1) is 19.6. The lowest BCUT2D eigenvalue weighted by atomic mass is 10.2. The minimum absolute atomic E-state index is 0.222. The molecule has 0 heterocycles. The molecule has 0 saturated carbocycles. The molecule has 2 aromatic carbocycles. The normalized spacial score (nSPS) is 11.6. The molecule has 2 N–H and O–H groups in total. The summed E-state index contributed by atoms with van der Waals surface area (Å²) in [6.45, 7) is 0. The van der Waals surface area contributed by atoms with E-state index in [1.807, 2.05) is 0 Å². The van der Waals surface area contributed by atoms with Gasteiger partial charge in [-0.25, -0.2) is 0 Å². The Morgan fingerprint density at radius 3 is 2.35 bits per heavy atom. The number of hydrogen-bond acceptors (Lipinski definition) is 3. The van der Waals surface area contributed by atoms with Gasteiger partial charge in [0.25, 0.3) is 5.91 Å². The Morgan fingerprint density at radius 2 is 1.77 bits per heavy atom. The molecule has 4 nitrogen and oxygen atoms in total. The highest BCUT2D eigenvalue weighted by Crippen LogP contribution is 2.30. The van der Waals surface area contributed by atoms with E-state index in [0.29, 0.717) is 5.02 Å². The van der Waals surface area contributed by atoms with Crippen LogP contribution in [0.3, 0.4) is 0 Å². The molecule has 134 valence electrons. The minimum atomic E-state index is -4.44. The van der Waals surface area contributed by atoms with Crippen molar-refractivity contribution in [3.63, 3.8) is 0 Å². The molecule has 0 aliphatic carbocycles. The van der Waals surface area contributed by atoms with E-state index in [9.17, 15) is 18.0 Å². The van der Waals surface area contributed by atoms with E-state index in [2.05, 4.69) is 10.6 Å². The molecule has 0 radical (unpaired) electrons. The summed E-state index contributed by atoms with van der Waals surface area (Å²) in [7, 11) is 0. The second-order valence-electron chi connectivity index (χ2n) is 4.97. The summed E-state index contributed by atoms with van der Waals surface area (Å²) >= 11 is 11.7. The Morgan fingerprint density at radius 1 is 1.12 bits per heavy atom. The van der Waals surface area contributed by atoms with Gasteiger partial charge in [-0.15, -0.1) is 0 Å². The van der Waals surface area contributed by atoms with E-state index < -0.39 is 17.6 Å². The van der Waals surface area contributed by atoms with Crippen LogP contribution >= 0.6 is 23.2 Å². The molecule has 0 saturated heterocycles. The van der Waals surface area contributed by atoms with Gasteiger partial charge < -0.3 is 10.6 Å². The smallest absolute Gasteiger partial charge is 0.360 e. The SMILES string of the molecule is N#C/C(=C/Nc1ccc(C(F)(F)F)cc1)C(=O)Nc1cc(Cl)ccc1Cl. The van der Waals surface area contributed by atoms with Crippen molar-refractivity contribution in [2.75, 3.05) is 10.6 Å². The van der Waals surface area contributed by atoms with Crippen molar-refractivity contribution in [1.82, 2.24) is 0 Å². The van der Waals surface area contributed by atoms with Crippen molar-refractivity contribution < 1.29 is 18.0 Å². The number of benzene rings is 2. The highest BCUT2D eigenvalue weighted by Gasteiger charge is 2.29. The van der Waals surface area contributed by atoms with Gasteiger partial charge in [0, 0.05) is 16.9 Å². The fourth-order valence-corrected chi connectivity index (χ4v) is 2.18. The number of anilines is 2. The van der Waals surface area contributed by atoms with Gasteiger partial charge in [-0.3, -0.25) is 4.79 Å². The molecule has 2 rings (SSSR count). The quantitative estimate of drug-likeness (QED) is 0.529. The predicted octanol–water partition coefficient (Wildman–Crippen LogP) is 5.47. The topological polar surface area (TPSA) is 64.9 Å². The monoisotopic (exact) mass is 399 g/mol. The van der Waals surface area contributed by atoms with E-state index in [4.69, 9.17) is 28.5 Å². The van der Waals surface area contributed by atoms with Crippen molar-refractivity contribution in [3.8, 4) is 6.07 Å². The highest BCUT2D eigenvalue weighted by molar-refractivity contribution is 6.35. The second-order valence-corrected chi connectivity index (χ2v) is 5.81. The first-order valence-electron chi connectivity index (χ1n) is 7.01. The lowest BCUT2D eigenvalue weighted by Gasteiger charge is -2.09. The van der Waals surface area contributed by atoms with Gasteiger partial charge in [0.15, 0.2) is 0 Å². The summed E-state index contributed by atoms with van der Waals surface area (Å²) in [6, 6.07) is 10.3. The molecule has 26 heavy (non-hydrogen) atoms. The molecule has 1 amide bonds. The molecule has 9 heteroatoms. The third-order valence-electron chi connectivity index (χ3n) is 3.14. The number of rotatable bonds is 4. The number of amides is 1. The maximum absolute atomic E-state index is 12.5. The molecular formula is C17H10Cl2F3N3O. The van der Waals surface area contributed by atoms with Crippen LogP contribution in [0, 0.1) is 11.3 Å². The fourth-order valence-electron chi connectivity index (χ4n) is 1.84. The number of hydrogen-bond donors (Lipinski definition) is 2. The molecule has 0 fully saturated rings. The molecular weight excluding hydrogens is 390 g/mol. The van der Waals surface area contributed by atoms with Crippen LogP contribution in [0.15, 0.2) is 54.2 Å². The van der Waals surface area contributed by atoms with E-state index in [-0.39, 0.29) is 22.0 Å². The average Bonchev–Trinajstić information content (AvgIpc) is 2.58. The summed E-state index contributed by atoms with van der Waals surface area (Å²) in [5.74, 6) is -0.754. The van der Waals surface area contributed by atoms with Gasteiger partial charge >= 0.3 is 6.18 Å². The molecule has 0 unspecified atom stereocenters. The van der Waals surface area contributed by atoms with Crippen molar-refractivity contribution in [2.24, 2.45) is 0 Å². The predicted molar refractivity (Wildman–Crippen MR) is 93.9 cm³/mol. The Labute approximate surface area is 156 Å². The Hall–Kier alpha value is -2.69. The van der Waals surface area contributed by atoms with Crippen LogP contribution in [0.2, 0.25) is 10.0 Å². The summed E-state index contributed by atoms with van der Waals surface area (Å²) in [5.41, 5.74) is -0.610. The average molecular weight is 400 g/mol. The molecule has 0 aromatic heterocycles. The zero-order chi connectivity index (χ0) is 19.3. The van der Waals surface area contributed by atoms with Crippen molar-refractivity contribution >= 4 is 40.5 Å². The first-order chi connectivity index (χ1) is 12.2. The summed E-state index contributed by atoms with van der Waals surface area (Å²) in [4.78, 5) is 12.1. The van der Waals surface area contributed by atoms with Crippen LogP contribution in [-0.2, 0) is 11.0 Å². The van der Waals surface area contributed by atoms with Gasteiger partial charge in [-0.2, -0.15) is 18.4 Å². The molecule has 2 aromatic rings. The molecule has 0 aliphatic heterocycles. The summed E-state index contributed by atoms with van der Waals surface area (Å²) < 4.78 is 37.5. The maximum Gasteiger partial charge on any atom is 0.416 e. The van der Waals surface area contributed by atoms with Gasteiger partial charge in [0.1, 0.15) is 11.6 Å². The van der Waals surface area contributed by atoms with Crippen LogP contribution < -0.4 is 10.6 Å². The minimum Gasteiger partial charge on any atom is -0.360 e. The molecule has 0 atom stereocenters. The Balaban J connectivity index is 2.11. The Bertz CT molecular complexity index is 888. The highest BCUT2D eigenvalue weighted by atomic mass is 35.5. The second kappa shape index (κ2) is 8.13. The summed E-state index contributed by atoms with van der Waals surface area (Å²) in [6.07, 6.45) is -3.36. The molecule has 0 aliphatic rings. The van der Waals surface area contributed by atoms with E-state index in [1.165, 1.54) is 30.3 Å². The zero-order valence-corrected chi connectivity index (χ0v) is 14.4. The number of alkyl halides is 3.